The van der Waals surface area contributed by atoms with E-state index >= 15 is 0 Å². The molecule has 0 saturated heterocycles. The van der Waals surface area contributed by atoms with Crippen molar-refractivity contribution in [1.82, 2.24) is 10.6 Å². The Kier molecular flexibility index (Phi) is 9.06. The fraction of sp³-hybridized carbons (Fsp3) is 0.423. The topological polar surface area (TPSA) is 120 Å². The van der Waals surface area contributed by atoms with Gasteiger partial charge in [0.1, 0.15) is 11.7 Å². The van der Waals surface area contributed by atoms with Gasteiger partial charge in [-0.1, -0.05) is 30.3 Å². The Hall–Kier alpha value is -3.55. The highest BCUT2D eigenvalue weighted by molar-refractivity contribution is 5.93. The molecule has 0 aliphatic heterocycles. The maximum absolute atomic E-state index is 12.4. The van der Waals surface area contributed by atoms with Crippen LogP contribution in [0.25, 0.3) is 0 Å². The molecule has 2 atom stereocenters. The number of nitrogens with two attached hydrogens (primary N) is 1. The first-order valence-electron chi connectivity index (χ1n) is 11.2. The number of carbonyl (C=O) groups excluding carboxylic acids is 3. The lowest BCUT2D eigenvalue weighted by molar-refractivity contribution is 0.0500. The van der Waals surface area contributed by atoms with Gasteiger partial charge in [-0.05, 0) is 82.3 Å². The quantitative estimate of drug-likeness (QED) is 0.532. The third kappa shape index (κ3) is 8.42. The lowest BCUT2D eigenvalue weighted by atomic mass is 9.94. The highest BCUT2D eigenvalue weighted by atomic mass is 16.6. The smallest absolute Gasteiger partial charge is 0.407 e. The minimum absolute atomic E-state index is 0.121. The van der Waals surface area contributed by atoms with Crippen LogP contribution in [-0.4, -0.2) is 36.3 Å². The van der Waals surface area contributed by atoms with Crippen molar-refractivity contribution in [1.29, 1.82) is 0 Å². The van der Waals surface area contributed by atoms with E-state index in [-0.39, 0.29) is 6.54 Å². The second kappa shape index (κ2) is 11.5. The third-order valence-electron chi connectivity index (χ3n) is 5.20. The molecule has 0 aliphatic carbocycles. The monoisotopic (exact) mass is 469 g/mol. The van der Waals surface area contributed by atoms with E-state index in [1.165, 1.54) is 0 Å². The van der Waals surface area contributed by atoms with Gasteiger partial charge < -0.3 is 25.8 Å². The minimum atomic E-state index is -0.666. The summed E-state index contributed by atoms with van der Waals surface area (Å²) in [5, 5.41) is 5.57. The molecule has 0 unspecified atom stereocenters. The first-order chi connectivity index (χ1) is 15.9. The maximum atomic E-state index is 12.4. The van der Waals surface area contributed by atoms with Crippen LogP contribution in [-0.2, 0) is 15.9 Å². The minimum Gasteiger partial charge on any atom is -0.444 e. The number of alkyl carbamates (subject to hydrolysis) is 2. The zero-order chi connectivity index (χ0) is 25.5. The van der Waals surface area contributed by atoms with Crippen LogP contribution in [0, 0.1) is 13.8 Å². The van der Waals surface area contributed by atoms with Crippen LogP contribution in [0.2, 0.25) is 0 Å². The Morgan fingerprint density at radius 1 is 1.00 bits per heavy atom. The van der Waals surface area contributed by atoms with Gasteiger partial charge in [-0.3, -0.25) is 4.79 Å². The van der Waals surface area contributed by atoms with Crippen LogP contribution >= 0.6 is 0 Å². The molecular formula is C26H35N3O5. The number of nitrogens with one attached hydrogen (secondary N) is 2. The van der Waals surface area contributed by atoms with Crippen LogP contribution in [0.3, 0.4) is 0 Å². The lowest BCUT2D eigenvalue weighted by Gasteiger charge is -2.25. The van der Waals surface area contributed by atoms with E-state index in [1.807, 2.05) is 44.2 Å². The molecule has 0 spiro atoms. The van der Waals surface area contributed by atoms with Crippen molar-refractivity contribution >= 4 is 18.1 Å². The third-order valence-corrected chi connectivity index (χ3v) is 5.20. The van der Waals surface area contributed by atoms with Gasteiger partial charge in [-0.25, -0.2) is 9.59 Å². The Bertz CT molecular complexity index is 992. The van der Waals surface area contributed by atoms with E-state index in [0.717, 1.165) is 22.3 Å². The molecule has 3 amide bonds. The highest BCUT2D eigenvalue weighted by Gasteiger charge is 2.22. The summed E-state index contributed by atoms with van der Waals surface area (Å²) in [5.41, 5.74) is 8.73. The molecule has 0 radical (unpaired) electrons. The molecule has 0 aromatic heterocycles. The van der Waals surface area contributed by atoms with Crippen molar-refractivity contribution < 1.29 is 23.9 Å². The van der Waals surface area contributed by atoms with E-state index in [9.17, 15) is 14.4 Å². The largest absolute Gasteiger partial charge is 0.444 e. The van der Waals surface area contributed by atoms with Gasteiger partial charge >= 0.3 is 12.2 Å². The summed E-state index contributed by atoms with van der Waals surface area (Å²) in [4.78, 5) is 36.4. The Balaban J connectivity index is 2.12. The number of aryl methyl sites for hydroxylation is 2. The lowest BCUT2D eigenvalue weighted by Crippen LogP contribution is -2.47. The normalized spacial score (nSPS) is 12.9. The molecule has 184 valence electrons. The molecular weight excluding hydrogens is 434 g/mol. The Labute approximate surface area is 201 Å². The second-order valence-corrected chi connectivity index (χ2v) is 9.34. The summed E-state index contributed by atoms with van der Waals surface area (Å²) in [7, 11) is 0. The predicted molar refractivity (Wildman–Crippen MR) is 131 cm³/mol. The van der Waals surface area contributed by atoms with E-state index < -0.39 is 35.8 Å². The molecule has 0 bridgehead atoms. The second-order valence-electron chi connectivity index (χ2n) is 9.34. The SMILES string of the molecule is Cc1cc(C(N)=O)cc(C)c1C[C@@H](CNC(=O)O[C@@H](C)c1ccccc1)NC(=O)OC(C)(C)C. The molecule has 2 aromatic carbocycles. The molecule has 2 rings (SSSR count). The predicted octanol–water partition coefficient (Wildman–Crippen LogP) is 4.33. The molecule has 8 heteroatoms. The molecule has 0 fully saturated rings. The fourth-order valence-corrected chi connectivity index (χ4v) is 3.55. The molecule has 4 N–H and O–H groups in total. The average Bonchev–Trinajstić information content (AvgIpc) is 2.73. The van der Waals surface area contributed by atoms with Crippen molar-refractivity contribution in [2.75, 3.05) is 6.54 Å². The molecule has 34 heavy (non-hydrogen) atoms. The van der Waals surface area contributed by atoms with Crippen molar-refractivity contribution in [2.45, 2.75) is 65.7 Å². The zero-order valence-corrected chi connectivity index (χ0v) is 20.7. The first-order valence-corrected chi connectivity index (χ1v) is 11.2. The van der Waals surface area contributed by atoms with Gasteiger partial charge in [0.05, 0.1) is 6.04 Å². The molecule has 2 aromatic rings. The Morgan fingerprint density at radius 2 is 1.59 bits per heavy atom. The summed E-state index contributed by atoms with van der Waals surface area (Å²) in [5.74, 6) is -0.502. The Morgan fingerprint density at radius 3 is 2.12 bits per heavy atom. The number of hydrogen-bond donors (Lipinski definition) is 3. The van der Waals surface area contributed by atoms with Crippen LogP contribution in [0.15, 0.2) is 42.5 Å². The highest BCUT2D eigenvalue weighted by Crippen LogP contribution is 2.19. The van der Waals surface area contributed by atoms with Gasteiger partial charge in [0, 0.05) is 12.1 Å². The first kappa shape index (κ1) is 26.7. The molecule has 0 aliphatic rings. The summed E-state index contributed by atoms with van der Waals surface area (Å²) in [6, 6.07) is 12.4. The van der Waals surface area contributed by atoms with Crippen LogP contribution in [0.4, 0.5) is 9.59 Å². The molecule has 8 nitrogen and oxygen atoms in total. The molecule has 0 heterocycles. The summed E-state index contributed by atoms with van der Waals surface area (Å²) in [6.45, 7) is 11.0. The molecule has 0 saturated carbocycles. The fourth-order valence-electron chi connectivity index (χ4n) is 3.55. The van der Waals surface area contributed by atoms with Crippen LogP contribution in [0.5, 0.6) is 0 Å². The van der Waals surface area contributed by atoms with E-state index in [1.54, 1.807) is 39.8 Å². The number of amides is 3. The van der Waals surface area contributed by atoms with Crippen LogP contribution < -0.4 is 16.4 Å². The summed E-state index contributed by atoms with van der Waals surface area (Å²) in [6.07, 6.45) is -1.20. The summed E-state index contributed by atoms with van der Waals surface area (Å²) >= 11 is 0. The number of hydrogen-bond acceptors (Lipinski definition) is 5. The number of benzene rings is 2. The number of carbonyl (C=O) groups is 3. The maximum Gasteiger partial charge on any atom is 0.407 e. The van der Waals surface area contributed by atoms with Crippen molar-refractivity contribution in [3.05, 3.63) is 70.3 Å². The van der Waals surface area contributed by atoms with Gasteiger partial charge in [-0.2, -0.15) is 0 Å². The van der Waals surface area contributed by atoms with E-state index in [2.05, 4.69) is 10.6 Å². The van der Waals surface area contributed by atoms with Crippen molar-refractivity contribution in [3.63, 3.8) is 0 Å². The average molecular weight is 470 g/mol. The van der Waals surface area contributed by atoms with Crippen molar-refractivity contribution in [2.24, 2.45) is 5.73 Å². The van der Waals surface area contributed by atoms with Gasteiger partial charge in [0.2, 0.25) is 5.91 Å². The van der Waals surface area contributed by atoms with Gasteiger partial charge in [0.15, 0.2) is 0 Å². The number of ether oxygens (including phenoxy) is 2. The number of primary amides is 1. The summed E-state index contributed by atoms with van der Waals surface area (Å²) < 4.78 is 10.9. The number of rotatable bonds is 8. The van der Waals surface area contributed by atoms with Gasteiger partial charge in [-0.15, -0.1) is 0 Å². The van der Waals surface area contributed by atoms with Crippen LogP contribution in [0.1, 0.15) is 66.4 Å². The van der Waals surface area contributed by atoms with E-state index in [0.29, 0.717) is 12.0 Å². The van der Waals surface area contributed by atoms with Crippen molar-refractivity contribution in [3.8, 4) is 0 Å². The standard InChI is InChI=1S/C26H35N3O5/c1-16-12-20(23(27)30)13-17(2)22(16)14-21(29-25(32)34-26(4,5)6)15-28-24(31)33-18(3)19-10-8-7-9-11-19/h7-13,18,21H,14-15H2,1-6H3,(H2,27,30)(H,28,31)(H,29,32)/t18-,21-/m0/s1. The van der Waals surface area contributed by atoms with E-state index in [4.69, 9.17) is 15.2 Å². The zero-order valence-electron chi connectivity index (χ0n) is 20.7. The van der Waals surface area contributed by atoms with Gasteiger partial charge in [0.25, 0.3) is 0 Å².